The second kappa shape index (κ2) is 4.38. The van der Waals surface area contributed by atoms with Crippen molar-refractivity contribution in [3.63, 3.8) is 0 Å². The van der Waals surface area contributed by atoms with Crippen LogP contribution in [0.4, 0.5) is 0 Å². The Morgan fingerprint density at radius 1 is 1.80 bits per heavy atom. The smallest absolute Gasteiger partial charge is 0.346 e. The van der Waals surface area contributed by atoms with Gasteiger partial charge < -0.3 is 5.21 Å². The zero-order chi connectivity index (χ0) is 8.15. The Bertz CT molecular complexity index is 114. The van der Waals surface area contributed by atoms with E-state index in [9.17, 15) is 10.0 Å². The molecule has 0 saturated heterocycles. The zero-order valence-electron chi connectivity index (χ0n) is 6.26. The molecule has 0 spiro atoms. The van der Waals surface area contributed by atoms with E-state index in [1.165, 1.54) is 0 Å². The predicted octanol–water partition coefficient (Wildman–Crippen LogP) is -0.279. The Kier molecular flexibility index (Phi) is 4.18. The first-order chi connectivity index (χ1) is 4.59. The Morgan fingerprint density at radius 2 is 2.30 bits per heavy atom. The summed E-state index contributed by atoms with van der Waals surface area (Å²) in [4.78, 5) is 10.6. The molecule has 0 heterocycles. The summed E-state index contributed by atoms with van der Waals surface area (Å²) in [6.07, 6.45) is 1.51. The number of nitrogens with one attached hydrogen (secondary N) is 1. The monoisotopic (exact) mass is 147 g/mol. The van der Waals surface area contributed by atoms with E-state index in [2.05, 4.69) is 0 Å². The highest BCUT2D eigenvalue weighted by Crippen LogP contribution is 2.01. The fraction of sp³-hybridized carbons (Fsp3) is 0.833. The van der Waals surface area contributed by atoms with Crippen LogP contribution in [0.1, 0.15) is 26.7 Å². The Labute approximate surface area is 60.0 Å². The lowest BCUT2D eigenvalue weighted by Gasteiger charge is -2.13. The van der Waals surface area contributed by atoms with Crippen molar-refractivity contribution in [3.05, 3.63) is 5.21 Å². The van der Waals surface area contributed by atoms with Crippen molar-refractivity contribution in [1.82, 2.24) is 0 Å². The van der Waals surface area contributed by atoms with Gasteiger partial charge in [-0.05, 0) is 13.3 Å². The third-order valence-electron chi connectivity index (χ3n) is 1.38. The van der Waals surface area contributed by atoms with E-state index >= 15 is 0 Å². The quantitative estimate of drug-likeness (QED) is 0.426. The molecule has 0 aliphatic heterocycles. The number of hydrogen-bond donors (Lipinski definition) is 2. The minimum Gasteiger partial charge on any atom is -0.593 e. The van der Waals surface area contributed by atoms with E-state index < -0.39 is 11.1 Å². The van der Waals surface area contributed by atoms with Gasteiger partial charge in [-0.2, -0.15) is 5.23 Å². The molecule has 0 aromatic carbocycles. The summed E-state index contributed by atoms with van der Waals surface area (Å²) in [6.45, 7) is 3.56. The van der Waals surface area contributed by atoms with Crippen molar-refractivity contribution in [2.45, 2.75) is 26.7 Å². The number of carbonyl (C=O) groups excluding carboxylic acids is 1. The van der Waals surface area contributed by atoms with E-state index in [4.69, 9.17) is 5.21 Å². The Hall–Kier alpha value is -0.450. The van der Waals surface area contributed by atoms with Crippen molar-refractivity contribution in [1.29, 1.82) is 0 Å². The summed E-state index contributed by atoms with van der Waals surface area (Å²) in [6, 6.07) is 0. The summed E-state index contributed by atoms with van der Waals surface area (Å²) in [5.74, 6) is -1.01. The largest absolute Gasteiger partial charge is 0.593 e. The van der Waals surface area contributed by atoms with Gasteiger partial charge in [0.1, 0.15) is 0 Å². The number of hydroxylamine groups is 2. The van der Waals surface area contributed by atoms with Gasteiger partial charge in [-0.15, -0.1) is 0 Å². The van der Waals surface area contributed by atoms with Gasteiger partial charge in [-0.3, -0.25) is 0 Å². The van der Waals surface area contributed by atoms with Gasteiger partial charge in [0.15, 0.2) is 0 Å². The summed E-state index contributed by atoms with van der Waals surface area (Å²) < 4.78 is 0. The van der Waals surface area contributed by atoms with Crippen molar-refractivity contribution in [2.75, 3.05) is 0 Å². The highest BCUT2D eigenvalue weighted by molar-refractivity contribution is 5.68. The molecule has 2 atom stereocenters. The lowest BCUT2D eigenvalue weighted by molar-refractivity contribution is -0.979. The van der Waals surface area contributed by atoms with Gasteiger partial charge >= 0.3 is 5.91 Å². The van der Waals surface area contributed by atoms with Gasteiger partial charge in [-0.25, -0.2) is 10.0 Å². The van der Waals surface area contributed by atoms with Gasteiger partial charge in [0.05, 0.1) is 5.92 Å². The number of amides is 1. The number of quaternary nitrogens is 1. The lowest BCUT2D eigenvalue weighted by Crippen LogP contribution is -3.08. The molecule has 0 radical (unpaired) electrons. The molecule has 10 heavy (non-hydrogen) atoms. The van der Waals surface area contributed by atoms with Crippen LogP contribution >= 0.6 is 0 Å². The molecule has 4 heteroatoms. The first-order valence-corrected chi connectivity index (χ1v) is 3.36. The molecular formula is C6H13NO3. The Morgan fingerprint density at radius 3 is 2.60 bits per heavy atom. The third kappa shape index (κ3) is 2.91. The summed E-state index contributed by atoms with van der Waals surface area (Å²) in [5.41, 5.74) is 0. The average Bonchev–Trinajstić information content (AvgIpc) is 1.87. The molecule has 0 aliphatic rings. The third-order valence-corrected chi connectivity index (χ3v) is 1.38. The van der Waals surface area contributed by atoms with E-state index in [1.807, 2.05) is 6.92 Å². The zero-order valence-corrected chi connectivity index (χ0v) is 6.26. The van der Waals surface area contributed by atoms with Crippen LogP contribution in [0.15, 0.2) is 0 Å². The molecule has 0 aromatic rings. The molecule has 1 amide bonds. The van der Waals surface area contributed by atoms with E-state index in [1.54, 1.807) is 6.92 Å². The van der Waals surface area contributed by atoms with Gasteiger partial charge in [0, 0.05) is 0 Å². The predicted molar refractivity (Wildman–Crippen MR) is 35.2 cm³/mol. The molecule has 4 nitrogen and oxygen atoms in total. The van der Waals surface area contributed by atoms with Crippen molar-refractivity contribution < 1.29 is 15.2 Å². The standard InChI is InChI=1S/C6H13NO3/c1-3-4-5(2)6(8)7(9)10/h5,7,9H,3-4H2,1-2H3. The number of carbonyl (C=O) groups is 1. The molecule has 60 valence electrons. The first-order valence-electron chi connectivity index (χ1n) is 3.36. The van der Waals surface area contributed by atoms with Crippen LogP contribution in [0, 0.1) is 11.1 Å². The first kappa shape index (κ1) is 9.55. The molecule has 0 bridgehead atoms. The van der Waals surface area contributed by atoms with Crippen LogP contribution < -0.4 is 5.23 Å². The van der Waals surface area contributed by atoms with Crippen LogP contribution in [0.5, 0.6) is 0 Å². The second-order valence-corrected chi connectivity index (χ2v) is 2.36. The van der Waals surface area contributed by atoms with E-state index in [0.29, 0.717) is 6.42 Å². The maximum atomic E-state index is 10.6. The summed E-state index contributed by atoms with van der Waals surface area (Å²) in [5, 5.41) is 17.0. The van der Waals surface area contributed by atoms with Crippen LogP contribution in [0.3, 0.4) is 0 Å². The maximum Gasteiger partial charge on any atom is 0.346 e. The second-order valence-electron chi connectivity index (χ2n) is 2.36. The van der Waals surface area contributed by atoms with E-state index in [0.717, 1.165) is 6.42 Å². The average molecular weight is 147 g/mol. The van der Waals surface area contributed by atoms with Crippen LogP contribution in [0.25, 0.3) is 0 Å². The number of rotatable bonds is 3. The molecule has 0 saturated carbocycles. The van der Waals surface area contributed by atoms with Crippen molar-refractivity contribution in [2.24, 2.45) is 5.92 Å². The van der Waals surface area contributed by atoms with Crippen molar-refractivity contribution >= 4 is 5.91 Å². The fourth-order valence-electron chi connectivity index (χ4n) is 0.775. The highest BCUT2D eigenvalue weighted by Gasteiger charge is 2.17. The van der Waals surface area contributed by atoms with Crippen LogP contribution in [-0.2, 0) is 4.79 Å². The van der Waals surface area contributed by atoms with Crippen molar-refractivity contribution in [3.8, 4) is 0 Å². The fourth-order valence-corrected chi connectivity index (χ4v) is 0.775. The topological polar surface area (TPSA) is 64.8 Å². The Balaban J connectivity index is 3.71. The maximum absolute atomic E-state index is 10.6. The normalized spacial score (nSPS) is 16.4. The SMILES string of the molecule is CCCC(C)C(=O)[NH+]([O-])O. The molecule has 2 N–H and O–H groups in total. The van der Waals surface area contributed by atoms with E-state index in [-0.39, 0.29) is 5.92 Å². The molecule has 0 fully saturated rings. The van der Waals surface area contributed by atoms with Crippen LogP contribution in [0.2, 0.25) is 0 Å². The minimum absolute atomic E-state index is 0.331. The molecule has 0 aromatic heterocycles. The lowest BCUT2D eigenvalue weighted by atomic mass is 10.1. The van der Waals surface area contributed by atoms with Gasteiger partial charge in [0.2, 0.25) is 0 Å². The molecule has 0 aliphatic carbocycles. The molecule has 0 rings (SSSR count). The summed E-state index contributed by atoms with van der Waals surface area (Å²) in [7, 11) is 0. The molecule has 2 unspecified atom stereocenters. The number of hydrogen-bond acceptors (Lipinski definition) is 3. The molecular weight excluding hydrogens is 134 g/mol. The van der Waals surface area contributed by atoms with Gasteiger partial charge in [-0.1, -0.05) is 13.3 Å². The summed E-state index contributed by atoms with van der Waals surface area (Å²) >= 11 is 0. The van der Waals surface area contributed by atoms with Crippen LogP contribution in [-0.4, -0.2) is 11.1 Å². The minimum atomic E-state index is -1.32. The highest BCUT2D eigenvalue weighted by atomic mass is 16.8. The van der Waals surface area contributed by atoms with Gasteiger partial charge in [0.25, 0.3) is 0 Å².